The van der Waals surface area contributed by atoms with Crippen LogP contribution in [0.25, 0.3) is 11.1 Å². The van der Waals surface area contributed by atoms with E-state index in [4.69, 9.17) is 5.73 Å². The van der Waals surface area contributed by atoms with Crippen LogP contribution in [0.5, 0.6) is 0 Å². The highest BCUT2D eigenvalue weighted by Gasteiger charge is 2.30. The quantitative estimate of drug-likeness (QED) is 0.152. The minimum atomic E-state index is -1.38. The standard InChI is InChI=1S/C30H33BrN6O6/c1-17(27(40)34-22(15-16-24(32)39)29(42)36-25-10-6-9-23(31)35-25)33-30(43)26(18(2)38)37-28(41)21-13-11-20(12-14-21)19-7-4-3-5-8-19/h3-14,17-18,22,26,38H,15-16H2,1-2H3,(H2,32,39)(H,33,43)(H,34,40)(H,37,41)(H,35,36,42)/t17-,18+,22-,26-/m0/s1. The van der Waals surface area contributed by atoms with Gasteiger partial charge in [0, 0.05) is 12.0 Å². The normalized spacial score (nSPS) is 13.5. The summed E-state index contributed by atoms with van der Waals surface area (Å²) in [6.07, 6.45) is -1.58. The number of halogens is 1. The molecule has 0 aliphatic heterocycles. The van der Waals surface area contributed by atoms with Crippen molar-refractivity contribution in [3.8, 4) is 11.1 Å². The highest BCUT2D eigenvalue weighted by molar-refractivity contribution is 9.10. The maximum absolute atomic E-state index is 13.0. The molecule has 5 amide bonds. The highest BCUT2D eigenvalue weighted by atomic mass is 79.9. The number of primary amides is 1. The highest BCUT2D eigenvalue weighted by Crippen LogP contribution is 2.19. The molecule has 0 bridgehead atoms. The van der Waals surface area contributed by atoms with Crippen LogP contribution in [-0.2, 0) is 19.2 Å². The second kappa shape index (κ2) is 15.6. The molecule has 0 fully saturated rings. The van der Waals surface area contributed by atoms with E-state index >= 15 is 0 Å². The average Bonchev–Trinajstić information content (AvgIpc) is 2.97. The van der Waals surface area contributed by atoms with Crippen molar-refractivity contribution in [3.63, 3.8) is 0 Å². The van der Waals surface area contributed by atoms with Crippen LogP contribution in [0.3, 0.4) is 0 Å². The van der Waals surface area contributed by atoms with Gasteiger partial charge in [-0.1, -0.05) is 48.5 Å². The van der Waals surface area contributed by atoms with Gasteiger partial charge in [0.25, 0.3) is 5.91 Å². The Morgan fingerprint density at radius 1 is 0.814 bits per heavy atom. The zero-order chi connectivity index (χ0) is 31.5. The van der Waals surface area contributed by atoms with E-state index in [0.717, 1.165) is 11.1 Å². The third-order valence-corrected chi connectivity index (χ3v) is 6.78. The molecule has 4 atom stereocenters. The topological polar surface area (TPSA) is 193 Å². The van der Waals surface area contributed by atoms with Gasteiger partial charge in [0.15, 0.2) is 0 Å². The van der Waals surface area contributed by atoms with Gasteiger partial charge in [-0.05, 0) is 71.6 Å². The minimum absolute atomic E-state index is 0.100. The third-order valence-electron chi connectivity index (χ3n) is 6.34. The molecule has 13 heteroatoms. The number of carbonyl (C=O) groups is 5. The molecule has 0 saturated heterocycles. The number of carbonyl (C=O) groups excluding carboxylic acids is 5. The van der Waals surface area contributed by atoms with E-state index in [9.17, 15) is 29.1 Å². The van der Waals surface area contributed by atoms with Crippen molar-refractivity contribution in [3.05, 3.63) is 83.0 Å². The number of aliphatic hydroxyl groups is 1. The van der Waals surface area contributed by atoms with Crippen molar-refractivity contribution in [2.75, 3.05) is 5.32 Å². The first kappa shape index (κ1) is 32.9. The molecule has 3 rings (SSSR count). The summed E-state index contributed by atoms with van der Waals surface area (Å²) in [4.78, 5) is 67.1. The summed E-state index contributed by atoms with van der Waals surface area (Å²) >= 11 is 3.20. The summed E-state index contributed by atoms with van der Waals surface area (Å²) in [5, 5.41) is 20.3. The van der Waals surface area contributed by atoms with Crippen molar-refractivity contribution < 1.29 is 29.1 Å². The second-order valence-electron chi connectivity index (χ2n) is 9.77. The fraction of sp³-hybridized carbons (Fsp3) is 0.267. The predicted octanol–water partition coefficient (Wildman–Crippen LogP) is 1.88. The molecule has 12 nitrogen and oxygen atoms in total. The Morgan fingerprint density at radius 3 is 2.07 bits per heavy atom. The van der Waals surface area contributed by atoms with Crippen molar-refractivity contribution >= 4 is 51.3 Å². The van der Waals surface area contributed by atoms with Gasteiger partial charge in [0.2, 0.25) is 23.6 Å². The van der Waals surface area contributed by atoms with Crippen LogP contribution in [0.4, 0.5) is 5.82 Å². The summed E-state index contributed by atoms with van der Waals surface area (Å²) in [6, 6.07) is 17.5. The molecular weight excluding hydrogens is 620 g/mol. The molecule has 1 aromatic heterocycles. The first-order valence-corrected chi connectivity index (χ1v) is 14.2. The van der Waals surface area contributed by atoms with Gasteiger partial charge in [-0.15, -0.1) is 0 Å². The molecule has 3 aromatic rings. The molecule has 2 aromatic carbocycles. The Bertz CT molecular complexity index is 1450. The smallest absolute Gasteiger partial charge is 0.252 e. The molecule has 0 aliphatic carbocycles. The molecule has 43 heavy (non-hydrogen) atoms. The van der Waals surface area contributed by atoms with Gasteiger partial charge >= 0.3 is 0 Å². The van der Waals surface area contributed by atoms with Gasteiger partial charge in [-0.25, -0.2) is 4.98 Å². The van der Waals surface area contributed by atoms with Crippen molar-refractivity contribution in [2.24, 2.45) is 5.73 Å². The van der Waals surface area contributed by atoms with E-state index in [0.29, 0.717) is 4.60 Å². The largest absolute Gasteiger partial charge is 0.391 e. The number of aromatic nitrogens is 1. The third kappa shape index (κ3) is 10.0. The number of nitrogens with zero attached hydrogens (tertiary/aromatic N) is 1. The van der Waals surface area contributed by atoms with Crippen LogP contribution < -0.4 is 27.0 Å². The number of aliphatic hydroxyl groups excluding tert-OH is 1. The van der Waals surface area contributed by atoms with Crippen molar-refractivity contribution in [1.82, 2.24) is 20.9 Å². The fourth-order valence-electron chi connectivity index (χ4n) is 3.99. The van der Waals surface area contributed by atoms with Gasteiger partial charge in [-0.3, -0.25) is 24.0 Å². The predicted molar refractivity (Wildman–Crippen MR) is 163 cm³/mol. The summed E-state index contributed by atoms with van der Waals surface area (Å²) in [5.74, 6) is -3.26. The Morgan fingerprint density at radius 2 is 1.47 bits per heavy atom. The van der Waals surface area contributed by atoms with E-state index in [-0.39, 0.29) is 24.2 Å². The number of amides is 5. The summed E-state index contributed by atoms with van der Waals surface area (Å²) in [5.41, 5.74) is 7.38. The average molecular weight is 654 g/mol. The summed E-state index contributed by atoms with van der Waals surface area (Å²) < 4.78 is 0.475. The molecule has 0 saturated carbocycles. The van der Waals surface area contributed by atoms with Gasteiger partial charge < -0.3 is 32.1 Å². The minimum Gasteiger partial charge on any atom is -0.391 e. The fourth-order valence-corrected chi connectivity index (χ4v) is 4.33. The zero-order valence-corrected chi connectivity index (χ0v) is 25.1. The van der Waals surface area contributed by atoms with Crippen molar-refractivity contribution in [1.29, 1.82) is 0 Å². The number of anilines is 1. The Hall–Kier alpha value is -4.62. The van der Waals surface area contributed by atoms with Gasteiger partial charge in [0.1, 0.15) is 28.5 Å². The molecule has 0 spiro atoms. The Labute approximate surface area is 257 Å². The lowest BCUT2D eigenvalue weighted by Crippen LogP contribution is -2.57. The molecule has 7 N–H and O–H groups in total. The molecular formula is C30H33BrN6O6. The van der Waals surface area contributed by atoms with E-state index in [1.54, 1.807) is 42.5 Å². The maximum Gasteiger partial charge on any atom is 0.252 e. The first-order valence-electron chi connectivity index (χ1n) is 13.4. The lowest BCUT2D eigenvalue weighted by atomic mass is 10.0. The Kier molecular flexibility index (Phi) is 11.9. The molecule has 1 heterocycles. The number of hydrogen-bond donors (Lipinski definition) is 6. The molecule has 0 radical (unpaired) electrons. The summed E-state index contributed by atoms with van der Waals surface area (Å²) in [7, 11) is 0. The van der Waals surface area contributed by atoms with Crippen LogP contribution >= 0.6 is 15.9 Å². The van der Waals surface area contributed by atoms with E-state index in [1.165, 1.54) is 13.8 Å². The number of benzene rings is 2. The zero-order valence-electron chi connectivity index (χ0n) is 23.5. The van der Waals surface area contributed by atoms with E-state index in [2.05, 4.69) is 42.2 Å². The first-order chi connectivity index (χ1) is 20.4. The van der Waals surface area contributed by atoms with Crippen LogP contribution in [0.2, 0.25) is 0 Å². The summed E-state index contributed by atoms with van der Waals surface area (Å²) in [6.45, 7) is 2.70. The number of nitrogens with one attached hydrogen (secondary N) is 4. The molecule has 226 valence electrons. The lowest BCUT2D eigenvalue weighted by molar-refractivity contribution is -0.132. The van der Waals surface area contributed by atoms with Crippen LogP contribution in [0, 0.1) is 0 Å². The number of pyridine rings is 1. The number of rotatable bonds is 13. The lowest BCUT2D eigenvalue weighted by Gasteiger charge is -2.24. The van der Waals surface area contributed by atoms with Crippen LogP contribution in [-0.4, -0.2) is 63.9 Å². The van der Waals surface area contributed by atoms with E-state index < -0.39 is 53.8 Å². The number of hydrogen-bond acceptors (Lipinski definition) is 7. The van der Waals surface area contributed by atoms with Crippen LogP contribution in [0.1, 0.15) is 37.0 Å². The molecule has 0 unspecified atom stereocenters. The second-order valence-corrected chi connectivity index (χ2v) is 10.6. The monoisotopic (exact) mass is 652 g/mol. The van der Waals surface area contributed by atoms with Crippen LogP contribution in [0.15, 0.2) is 77.4 Å². The van der Waals surface area contributed by atoms with E-state index in [1.807, 2.05) is 30.3 Å². The molecule has 0 aliphatic rings. The van der Waals surface area contributed by atoms with Crippen molar-refractivity contribution in [2.45, 2.75) is 50.9 Å². The Balaban J connectivity index is 1.62. The van der Waals surface area contributed by atoms with Gasteiger partial charge in [-0.2, -0.15) is 0 Å². The van der Waals surface area contributed by atoms with Gasteiger partial charge in [0.05, 0.1) is 6.10 Å². The number of nitrogens with two attached hydrogens (primary N) is 1. The SMILES string of the molecule is C[C@H](NC(=O)[C@@H](NC(=O)c1ccc(-c2ccccc2)cc1)[C@@H](C)O)C(=O)N[C@@H](CCC(N)=O)C(=O)Nc1cccc(Br)n1. The maximum atomic E-state index is 13.0.